The molecule has 0 spiro atoms. The van der Waals surface area contributed by atoms with Crippen molar-refractivity contribution in [1.29, 1.82) is 0 Å². The van der Waals surface area contributed by atoms with Crippen LogP contribution in [0.4, 0.5) is 22.0 Å². The molecule has 1 saturated carbocycles. The van der Waals surface area contributed by atoms with Crippen LogP contribution in [0.3, 0.4) is 0 Å². The Morgan fingerprint density at radius 1 is 1.24 bits per heavy atom. The van der Waals surface area contributed by atoms with Gasteiger partial charge in [-0.3, -0.25) is 15.4 Å². The van der Waals surface area contributed by atoms with E-state index in [0.717, 1.165) is 25.8 Å². The average molecular weight is 672 g/mol. The maximum Gasteiger partial charge on any atom is 0.394 e. The fourth-order valence-electron chi connectivity index (χ4n) is 4.64. The summed E-state index contributed by atoms with van der Waals surface area (Å²) < 4.78 is 96.3. The molecular formula is C26H32ClF5N3NiO4S-. The number of alkyl halides is 5. The fourth-order valence-corrected chi connectivity index (χ4v) is 6.06. The molecule has 1 heterocycles. The molecule has 0 unspecified atom stereocenters. The minimum atomic E-state index is -4.52. The molecule has 15 heteroatoms. The number of nitrogens with one attached hydrogen (secondary N) is 1. The van der Waals surface area contributed by atoms with Crippen molar-refractivity contribution in [3.8, 4) is 17.0 Å². The van der Waals surface area contributed by atoms with E-state index in [2.05, 4.69) is 15.2 Å². The van der Waals surface area contributed by atoms with Crippen LogP contribution in [0.25, 0.3) is 11.3 Å². The number of hydrogen-bond acceptors (Lipinski definition) is 5. The summed E-state index contributed by atoms with van der Waals surface area (Å²) in [5.74, 6) is -0.0345. The van der Waals surface area contributed by atoms with E-state index in [4.69, 9.17) is 11.6 Å². The Morgan fingerprint density at radius 3 is 2.37 bits per heavy atom. The molecule has 1 aliphatic rings. The summed E-state index contributed by atoms with van der Waals surface area (Å²) in [5.41, 5.74) is -2.00. The zero-order valence-electron chi connectivity index (χ0n) is 22.9. The minimum absolute atomic E-state index is 0. The summed E-state index contributed by atoms with van der Waals surface area (Å²) in [6, 6.07) is 3.81. The molecular weight excluding hydrogens is 640 g/mol. The smallest absolute Gasteiger partial charge is 0.394 e. The van der Waals surface area contributed by atoms with Crippen LogP contribution in [0.2, 0.25) is 5.02 Å². The van der Waals surface area contributed by atoms with Gasteiger partial charge >= 0.3 is 12.8 Å². The molecule has 3 rings (SSSR count). The number of halogens is 6. The molecule has 0 aliphatic heterocycles. The Labute approximate surface area is 251 Å². The molecule has 1 amide bonds. The summed E-state index contributed by atoms with van der Waals surface area (Å²) in [6.45, 7) is 0.848. The molecule has 234 valence electrons. The molecule has 7 nitrogen and oxygen atoms in total. The van der Waals surface area contributed by atoms with Crippen LogP contribution < -0.4 is 10.1 Å². The Bertz CT molecular complexity index is 1330. The summed E-state index contributed by atoms with van der Waals surface area (Å²) in [4.78, 5) is 13.0. The predicted molar refractivity (Wildman–Crippen MR) is 141 cm³/mol. The molecule has 0 atom stereocenters. The van der Waals surface area contributed by atoms with E-state index in [-0.39, 0.29) is 57.1 Å². The zero-order valence-corrected chi connectivity index (χ0v) is 25.4. The van der Waals surface area contributed by atoms with Crippen molar-refractivity contribution in [3.05, 3.63) is 40.4 Å². The van der Waals surface area contributed by atoms with Gasteiger partial charge in [0.15, 0.2) is 5.69 Å². The van der Waals surface area contributed by atoms with Crippen LogP contribution in [-0.2, 0) is 39.3 Å². The maximum atomic E-state index is 13.4. The van der Waals surface area contributed by atoms with Crippen molar-refractivity contribution in [2.24, 2.45) is 5.41 Å². The number of aryl methyl sites for hydroxylation is 1. The van der Waals surface area contributed by atoms with Crippen LogP contribution in [-0.4, -0.2) is 54.9 Å². The number of carbonyl (C=O) groups is 1. The standard InChI is InChI=1S/C26H32ClF5N3O4S.Ni/c1-5-35-22(18-11-8-16(12-19(18)39-24(28)29)13-25(2,3)26(30,31)32)20(27)21(34-35)23(36)33-14-15-6-9-17(10-7-15)40(4,37)38;/h8,11-12,17,24H,5-7,9-10,13-14H2,1-4H3,(H,33,36);/q-1;. The van der Waals surface area contributed by atoms with E-state index >= 15 is 0 Å². The van der Waals surface area contributed by atoms with Gasteiger partial charge in [-0.2, -0.15) is 39.9 Å². The second-order valence-corrected chi connectivity index (χ2v) is 13.3. The number of aromatic nitrogens is 2. The average Bonchev–Trinajstić information content (AvgIpc) is 3.17. The third-order valence-corrected chi connectivity index (χ3v) is 9.12. The van der Waals surface area contributed by atoms with Crippen LogP contribution in [0.15, 0.2) is 18.2 Å². The topological polar surface area (TPSA) is 90.3 Å². The number of nitrogens with zero attached hydrogens (tertiary/aromatic N) is 2. The minimum Gasteiger partial charge on any atom is -0.434 e. The third-order valence-electron chi connectivity index (χ3n) is 7.08. The van der Waals surface area contributed by atoms with Gasteiger partial charge in [0.25, 0.3) is 5.91 Å². The van der Waals surface area contributed by atoms with Gasteiger partial charge in [0.05, 0.1) is 21.4 Å². The van der Waals surface area contributed by atoms with E-state index in [0.29, 0.717) is 25.7 Å². The molecule has 0 radical (unpaired) electrons. The molecule has 1 fully saturated rings. The summed E-state index contributed by atoms with van der Waals surface area (Å²) >= 11 is 6.53. The van der Waals surface area contributed by atoms with E-state index < -0.39 is 51.4 Å². The Hall–Kier alpha value is -1.92. The summed E-state index contributed by atoms with van der Waals surface area (Å²) in [7, 11) is -3.13. The second kappa shape index (κ2) is 13.6. The number of ether oxygens (including phenoxy) is 1. The first-order valence-corrected chi connectivity index (χ1v) is 15.0. The summed E-state index contributed by atoms with van der Waals surface area (Å²) in [5, 5.41) is 6.44. The van der Waals surface area contributed by atoms with E-state index in [9.17, 15) is 35.2 Å². The molecule has 1 aliphatic carbocycles. The second-order valence-electron chi connectivity index (χ2n) is 10.6. The van der Waals surface area contributed by atoms with Crippen molar-refractivity contribution < 1.29 is 56.4 Å². The van der Waals surface area contributed by atoms with Crippen molar-refractivity contribution in [2.45, 2.75) is 77.5 Å². The van der Waals surface area contributed by atoms with Crippen molar-refractivity contribution in [1.82, 2.24) is 15.1 Å². The SMILES string of the molecule is CCn1nc(C(=O)NC[C-]2CCC(S(C)(=O)=O)CC2)c(Cl)c1-c1ccc(CC(C)(C)C(F)(F)F)cc1OC(F)F.[Ni]. The van der Waals surface area contributed by atoms with Crippen LogP contribution in [0.5, 0.6) is 5.75 Å². The normalized spacial score (nSPS) is 15.6. The van der Waals surface area contributed by atoms with Crippen LogP contribution in [0, 0.1) is 11.3 Å². The molecule has 1 aromatic heterocycles. The van der Waals surface area contributed by atoms with Gasteiger partial charge in [-0.15, -0.1) is 6.54 Å². The number of hydrogen-bond donors (Lipinski definition) is 1. The zero-order chi connectivity index (χ0) is 30.0. The monoisotopic (exact) mass is 670 g/mol. The van der Waals surface area contributed by atoms with E-state index in [1.165, 1.54) is 23.1 Å². The van der Waals surface area contributed by atoms with Crippen LogP contribution >= 0.6 is 11.6 Å². The number of rotatable bonds is 10. The Balaban J connectivity index is 0.00000588. The van der Waals surface area contributed by atoms with Crippen LogP contribution in [0.1, 0.15) is 62.5 Å². The first-order chi connectivity index (χ1) is 18.4. The van der Waals surface area contributed by atoms with Gasteiger partial charge in [0.2, 0.25) is 0 Å². The van der Waals surface area contributed by atoms with Gasteiger partial charge in [0.1, 0.15) is 15.6 Å². The molecule has 41 heavy (non-hydrogen) atoms. The van der Waals surface area contributed by atoms with Crippen molar-refractivity contribution >= 4 is 27.3 Å². The molecule has 0 saturated heterocycles. The first kappa shape index (κ1) is 35.3. The fraction of sp³-hybridized carbons (Fsp3) is 0.577. The van der Waals surface area contributed by atoms with Gasteiger partial charge in [-0.05, 0) is 31.0 Å². The molecule has 2 aromatic rings. The van der Waals surface area contributed by atoms with E-state index in [1.54, 1.807) is 6.92 Å². The Kier molecular flexibility index (Phi) is 11.7. The van der Waals surface area contributed by atoms with E-state index in [1.807, 2.05) is 0 Å². The molecule has 1 aromatic carbocycles. The van der Waals surface area contributed by atoms with Gasteiger partial charge < -0.3 is 10.1 Å². The quantitative estimate of drug-likeness (QED) is 0.184. The van der Waals surface area contributed by atoms with Crippen molar-refractivity contribution in [3.63, 3.8) is 0 Å². The molecule has 1 N–H and O–H groups in total. The summed E-state index contributed by atoms with van der Waals surface area (Å²) in [6.07, 6.45) is -1.74. The van der Waals surface area contributed by atoms with Gasteiger partial charge in [-0.1, -0.05) is 44.4 Å². The number of carbonyl (C=O) groups excluding carboxylic acids is 1. The van der Waals surface area contributed by atoms with Gasteiger partial charge in [-0.25, -0.2) is 8.42 Å². The number of amides is 1. The van der Waals surface area contributed by atoms with Crippen molar-refractivity contribution in [2.75, 3.05) is 12.8 Å². The first-order valence-electron chi connectivity index (χ1n) is 12.7. The van der Waals surface area contributed by atoms with Gasteiger partial charge in [0, 0.05) is 34.9 Å². The molecule has 0 bridgehead atoms. The number of sulfone groups is 1. The third kappa shape index (κ3) is 8.57. The Morgan fingerprint density at radius 2 is 1.85 bits per heavy atom. The largest absolute Gasteiger partial charge is 0.434 e. The maximum absolute atomic E-state index is 13.4. The number of benzene rings is 1. The predicted octanol–water partition coefficient (Wildman–Crippen LogP) is 6.24.